The Morgan fingerprint density at radius 3 is 0.926 bits per heavy atom. The molecule has 6 heteroatoms. The predicted molar refractivity (Wildman–Crippen MR) is 292 cm³/mol. The summed E-state index contributed by atoms with van der Waals surface area (Å²) in [5.41, 5.74) is 0. The lowest BCUT2D eigenvalue weighted by Crippen LogP contribution is -2.30. The second kappa shape index (κ2) is 54.6. The molecule has 0 saturated carbocycles. The fourth-order valence-corrected chi connectivity index (χ4v) is 6.60. The average Bonchev–Trinajstić information content (AvgIpc) is 3.34. The molecule has 0 aliphatic carbocycles. The lowest BCUT2D eigenvalue weighted by atomic mass is 10.1. The monoisotopic (exact) mass is 935 g/mol. The Morgan fingerprint density at radius 1 is 0.309 bits per heavy atom. The van der Waals surface area contributed by atoms with E-state index in [0.29, 0.717) is 12.8 Å². The van der Waals surface area contributed by atoms with Gasteiger partial charge in [0.2, 0.25) is 0 Å². The SMILES string of the molecule is CC/C=C/C=C/C=C/C=C/C=C/C=C/C=C/CCCCCC(=O)OCC(COC(=O)CCCCC/C=C/C=C/C=C/C=C/CC)OC(=O)CCCCCCC/C=C/C=C/CCCCCCCCC. The highest BCUT2D eigenvalue weighted by atomic mass is 16.6. The number of ether oxygens (including phenoxy) is 3. The van der Waals surface area contributed by atoms with E-state index >= 15 is 0 Å². The number of hydrogen-bond donors (Lipinski definition) is 0. The Hall–Kier alpha value is -4.97. The van der Waals surface area contributed by atoms with Gasteiger partial charge in [-0.15, -0.1) is 0 Å². The van der Waals surface area contributed by atoms with Crippen molar-refractivity contribution in [2.24, 2.45) is 0 Å². The number of rotatable bonds is 45. The molecule has 68 heavy (non-hydrogen) atoms. The molecule has 0 aromatic carbocycles. The van der Waals surface area contributed by atoms with E-state index in [2.05, 4.69) is 69.4 Å². The molecule has 0 bridgehead atoms. The summed E-state index contributed by atoms with van der Waals surface area (Å²) < 4.78 is 16.7. The van der Waals surface area contributed by atoms with Crippen LogP contribution in [0.2, 0.25) is 0 Å². The summed E-state index contributed by atoms with van der Waals surface area (Å²) >= 11 is 0. The number of unbranched alkanes of at least 4 members (excludes halogenated alkanes) is 18. The molecular weight excluding hydrogens is 841 g/mol. The number of esters is 3. The van der Waals surface area contributed by atoms with E-state index in [9.17, 15) is 14.4 Å². The molecule has 0 amide bonds. The summed E-state index contributed by atoms with van der Waals surface area (Å²) in [7, 11) is 0. The van der Waals surface area contributed by atoms with Crippen LogP contribution in [0.4, 0.5) is 0 Å². The summed E-state index contributed by atoms with van der Waals surface area (Å²) in [6, 6.07) is 0. The highest BCUT2D eigenvalue weighted by Crippen LogP contribution is 2.12. The van der Waals surface area contributed by atoms with Gasteiger partial charge in [0, 0.05) is 19.3 Å². The summed E-state index contributed by atoms with van der Waals surface area (Å²) in [4.78, 5) is 38.0. The number of hydrogen-bond acceptors (Lipinski definition) is 6. The van der Waals surface area contributed by atoms with Crippen molar-refractivity contribution >= 4 is 17.9 Å². The molecule has 0 fully saturated rings. The van der Waals surface area contributed by atoms with Crippen molar-refractivity contribution in [3.05, 3.63) is 158 Å². The van der Waals surface area contributed by atoms with E-state index in [-0.39, 0.29) is 44.0 Å². The third-order valence-corrected chi connectivity index (χ3v) is 10.6. The first-order chi connectivity index (χ1) is 33.5. The first-order valence-corrected chi connectivity index (χ1v) is 26.7. The summed E-state index contributed by atoms with van der Waals surface area (Å²) in [5.74, 6) is -1.04. The molecule has 0 aromatic rings. The fraction of sp³-hybridized carbons (Fsp3) is 0.532. The summed E-state index contributed by atoms with van der Waals surface area (Å²) in [6.45, 7) is 6.23. The van der Waals surface area contributed by atoms with Crippen LogP contribution in [0, 0.1) is 0 Å². The Kier molecular flexibility index (Phi) is 50.6. The quantitative estimate of drug-likeness (QED) is 0.0262. The molecule has 0 aliphatic rings. The second-order valence-electron chi connectivity index (χ2n) is 17.0. The van der Waals surface area contributed by atoms with Crippen LogP contribution in [0.1, 0.15) is 194 Å². The smallest absolute Gasteiger partial charge is 0.306 e. The molecule has 1 atom stereocenters. The minimum Gasteiger partial charge on any atom is -0.462 e. The van der Waals surface area contributed by atoms with Gasteiger partial charge in [-0.05, 0) is 83.5 Å². The average molecular weight is 935 g/mol. The van der Waals surface area contributed by atoms with Crippen molar-refractivity contribution in [1.82, 2.24) is 0 Å². The zero-order chi connectivity index (χ0) is 49.3. The normalized spacial score (nSPS) is 13.4. The van der Waals surface area contributed by atoms with Crippen molar-refractivity contribution in [1.29, 1.82) is 0 Å². The first kappa shape index (κ1) is 63.0. The maximum Gasteiger partial charge on any atom is 0.306 e. The van der Waals surface area contributed by atoms with Crippen molar-refractivity contribution < 1.29 is 28.6 Å². The molecule has 0 saturated heterocycles. The van der Waals surface area contributed by atoms with Crippen LogP contribution in [0.15, 0.2) is 158 Å². The summed E-state index contributed by atoms with van der Waals surface area (Å²) in [6.07, 6.45) is 79.4. The van der Waals surface area contributed by atoms with E-state index in [4.69, 9.17) is 14.2 Å². The van der Waals surface area contributed by atoms with Crippen LogP contribution in [-0.2, 0) is 28.6 Å². The number of allylic oxidation sites excluding steroid dienone is 26. The molecule has 0 rings (SSSR count). The van der Waals surface area contributed by atoms with Crippen molar-refractivity contribution in [3.8, 4) is 0 Å². The molecule has 0 spiro atoms. The molecule has 0 aliphatic heterocycles. The minimum atomic E-state index is -0.830. The molecule has 378 valence electrons. The maximum atomic E-state index is 12.8. The van der Waals surface area contributed by atoms with Crippen molar-refractivity contribution in [2.75, 3.05) is 13.2 Å². The predicted octanol–water partition coefficient (Wildman–Crippen LogP) is 17.8. The third kappa shape index (κ3) is 52.0. The molecule has 0 N–H and O–H groups in total. The molecule has 6 nitrogen and oxygen atoms in total. The van der Waals surface area contributed by atoms with E-state index in [1.54, 1.807) is 0 Å². The van der Waals surface area contributed by atoms with Gasteiger partial charge in [0.25, 0.3) is 0 Å². The van der Waals surface area contributed by atoms with Gasteiger partial charge >= 0.3 is 17.9 Å². The fourth-order valence-electron chi connectivity index (χ4n) is 6.60. The Bertz CT molecular complexity index is 1590. The molecular formula is C62H94O6. The van der Waals surface area contributed by atoms with Crippen LogP contribution in [0.25, 0.3) is 0 Å². The van der Waals surface area contributed by atoms with Gasteiger partial charge < -0.3 is 14.2 Å². The van der Waals surface area contributed by atoms with Gasteiger partial charge in [-0.1, -0.05) is 249 Å². The second-order valence-corrected chi connectivity index (χ2v) is 17.0. The molecule has 0 radical (unpaired) electrons. The Balaban J connectivity index is 4.60. The topological polar surface area (TPSA) is 78.9 Å². The highest BCUT2D eigenvalue weighted by Gasteiger charge is 2.19. The summed E-state index contributed by atoms with van der Waals surface area (Å²) in [5, 5.41) is 0. The maximum absolute atomic E-state index is 12.8. The number of carbonyl (C=O) groups excluding carboxylic acids is 3. The zero-order valence-corrected chi connectivity index (χ0v) is 43.0. The molecule has 0 heterocycles. The van der Waals surface area contributed by atoms with E-state index in [1.165, 1.54) is 44.9 Å². The van der Waals surface area contributed by atoms with Gasteiger partial charge in [0.15, 0.2) is 6.10 Å². The largest absolute Gasteiger partial charge is 0.462 e. The van der Waals surface area contributed by atoms with Crippen LogP contribution in [-0.4, -0.2) is 37.2 Å². The van der Waals surface area contributed by atoms with Crippen LogP contribution < -0.4 is 0 Å². The first-order valence-electron chi connectivity index (χ1n) is 26.7. The van der Waals surface area contributed by atoms with Crippen LogP contribution in [0.5, 0.6) is 0 Å². The standard InChI is InChI=1S/C62H94O6/c1-4-7-10-13-16-19-22-25-27-29-31-33-34-37-40-43-46-49-52-55-61(64)67-58-59(57-66-60(63)54-51-48-45-42-39-36-24-21-18-15-12-9-6-3)68-62(65)56-53-50-47-44-41-38-35-32-30-28-26-23-20-17-14-11-8-5-2/h7,9-10,12-13,15-16,18-19,21-22,24-25,27-37,39-40,59H,4-6,8,11,14,17,20,23,26,38,41-58H2,1-3H3/b10-7+,12-9+,16-13+,18-15+,22-19+,24-21+,27-25+,30-28+,31-29+,34-33+,35-32+,39-36+,40-37+. The van der Waals surface area contributed by atoms with Crippen LogP contribution in [0.3, 0.4) is 0 Å². The lowest BCUT2D eigenvalue weighted by Gasteiger charge is -2.18. The highest BCUT2D eigenvalue weighted by molar-refractivity contribution is 5.71. The van der Waals surface area contributed by atoms with Gasteiger partial charge in [0.1, 0.15) is 13.2 Å². The van der Waals surface area contributed by atoms with Crippen molar-refractivity contribution in [2.45, 2.75) is 200 Å². The zero-order valence-electron chi connectivity index (χ0n) is 43.0. The van der Waals surface area contributed by atoms with Crippen molar-refractivity contribution in [3.63, 3.8) is 0 Å². The number of carbonyl (C=O) groups is 3. The van der Waals surface area contributed by atoms with E-state index in [1.807, 2.05) is 109 Å². The van der Waals surface area contributed by atoms with Gasteiger partial charge in [-0.2, -0.15) is 0 Å². The minimum absolute atomic E-state index is 0.128. The van der Waals surface area contributed by atoms with E-state index in [0.717, 1.165) is 103 Å². The van der Waals surface area contributed by atoms with E-state index < -0.39 is 6.10 Å². The molecule has 0 aromatic heterocycles. The lowest BCUT2D eigenvalue weighted by molar-refractivity contribution is -0.167. The van der Waals surface area contributed by atoms with Gasteiger partial charge in [-0.25, -0.2) is 0 Å². The third-order valence-electron chi connectivity index (χ3n) is 10.6. The van der Waals surface area contributed by atoms with Crippen LogP contribution >= 0.6 is 0 Å². The Labute approximate surface area is 416 Å². The van der Waals surface area contributed by atoms with Gasteiger partial charge in [-0.3, -0.25) is 14.4 Å². The molecule has 1 unspecified atom stereocenters. The van der Waals surface area contributed by atoms with Gasteiger partial charge in [0.05, 0.1) is 0 Å². The Morgan fingerprint density at radius 2 is 0.574 bits per heavy atom.